The Bertz CT molecular complexity index is 355. The van der Waals surface area contributed by atoms with Crippen LogP contribution in [-0.2, 0) is 6.54 Å². The zero-order chi connectivity index (χ0) is 9.26. The number of anilines is 1. The van der Waals surface area contributed by atoms with Crippen LogP contribution in [0.1, 0.15) is 18.4 Å². The van der Waals surface area contributed by atoms with E-state index in [2.05, 4.69) is 15.3 Å². The summed E-state index contributed by atoms with van der Waals surface area (Å²) in [6.45, 7) is 0.228. The van der Waals surface area contributed by atoms with Gasteiger partial charge in [-0.1, -0.05) is 0 Å². The molecule has 1 saturated carbocycles. The molecule has 13 heavy (non-hydrogen) atoms. The summed E-state index contributed by atoms with van der Waals surface area (Å²) in [7, 11) is 0. The molecule has 0 aromatic carbocycles. The molecule has 2 rings (SSSR count). The van der Waals surface area contributed by atoms with Gasteiger partial charge in [-0.15, -0.1) is 0 Å². The quantitative estimate of drug-likeness (QED) is 0.601. The molecule has 1 heterocycles. The van der Waals surface area contributed by atoms with Gasteiger partial charge in [-0.2, -0.15) is 0 Å². The number of nitrogens with one attached hydrogen (secondary N) is 2. The van der Waals surface area contributed by atoms with Crippen molar-refractivity contribution in [2.24, 2.45) is 5.73 Å². The Morgan fingerprint density at radius 1 is 1.69 bits per heavy atom. The van der Waals surface area contributed by atoms with Crippen LogP contribution in [0.25, 0.3) is 0 Å². The molecule has 5 heteroatoms. The highest BCUT2D eigenvalue weighted by Crippen LogP contribution is 2.22. The molecule has 0 aliphatic heterocycles. The van der Waals surface area contributed by atoms with E-state index in [1.54, 1.807) is 0 Å². The molecule has 0 atom stereocenters. The molecule has 0 amide bonds. The van der Waals surface area contributed by atoms with Crippen LogP contribution in [0.15, 0.2) is 11.0 Å². The largest absolute Gasteiger partial charge is 0.353 e. The Balaban J connectivity index is 2.19. The Morgan fingerprint density at radius 2 is 2.46 bits per heavy atom. The van der Waals surface area contributed by atoms with Crippen molar-refractivity contribution in [2.45, 2.75) is 25.4 Å². The van der Waals surface area contributed by atoms with Crippen LogP contribution in [0, 0.1) is 0 Å². The number of H-pyrrole nitrogens is 1. The van der Waals surface area contributed by atoms with Gasteiger partial charge in [0.1, 0.15) is 0 Å². The molecule has 0 radical (unpaired) electrons. The Morgan fingerprint density at radius 3 is 3.00 bits per heavy atom. The molecule has 0 spiro atoms. The van der Waals surface area contributed by atoms with Crippen molar-refractivity contribution < 1.29 is 0 Å². The summed E-state index contributed by atoms with van der Waals surface area (Å²) < 4.78 is 0. The first kappa shape index (κ1) is 8.25. The van der Waals surface area contributed by atoms with Gasteiger partial charge < -0.3 is 11.1 Å². The SMILES string of the molecule is NCc1cnc(NC2CC2)[nH]c1=O. The second-order valence-electron chi connectivity index (χ2n) is 3.21. The van der Waals surface area contributed by atoms with E-state index in [0.29, 0.717) is 17.6 Å². The molecule has 0 unspecified atom stereocenters. The number of rotatable bonds is 3. The first-order chi connectivity index (χ1) is 6.29. The van der Waals surface area contributed by atoms with Crippen molar-refractivity contribution in [3.8, 4) is 0 Å². The number of aromatic amines is 1. The van der Waals surface area contributed by atoms with Gasteiger partial charge in [0.25, 0.3) is 5.56 Å². The predicted octanol–water partition coefficient (Wildman–Crippen LogP) is -0.197. The standard InChI is InChI=1S/C8H12N4O/c9-3-5-4-10-8(12-7(5)13)11-6-1-2-6/h4,6H,1-3,9H2,(H2,10,11,12,13). The topological polar surface area (TPSA) is 83.8 Å². The lowest BCUT2D eigenvalue weighted by Crippen LogP contribution is -2.19. The van der Waals surface area contributed by atoms with Gasteiger partial charge in [0, 0.05) is 24.3 Å². The maximum absolute atomic E-state index is 11.3. The molecule has 1 fully saturated rings. The number of hydrogen-bond donors (Lipinski definition) is 3. The van der Waals surface area contributed by atoms with Gasteiger partial charge in [-0.25, -0.2) is 4.98 Å². The molecule has 1 aromatic rings. The zero-order valence-electron chi connectivity index (χ0n) is 7.21. The van der Waals surface area contributed by atoms with Crippen LogP contribution in [0.3, 0.4) is 0 Å². The van der Waals surface area contributed by atoms with Crippen LogP contribution in [0.5, 0.6) is 0 Å². The minimum absolute atomic E-state index is 0.152. The minimum Gasteiger partial charge on any atom is -0.353 e. The van der Waals surface area contributed by atoms with Gasteiger partial charge in [-0.05, 0) is 12.8 Å². The first-order valence-corrected chi connectivity index (χ1v) is 4.34. The van der Waals surface area contributed by atoms with Crippen molar-refractivity contribution in [2.75, 3.05) is 5.32 Å². The van der Waals surface area contributed by atoms with E-state index < -0.39 is 0 Å². The van der Waals surface area contributed by atoms with Crippen LogP contribution in [0.4, 0.5) is 5.95 Å². The van der Waals surface area contributed by atoms with Crippen molar-refractivity contribution in [3.63, 3.8) is 0 Å². The zero-order valence-corrected chi connectivity index (χ0v) is 7.21. The van der Waals surface area contributed by atoms with Gasteiger partial charge in [-0.3, -0.25) is 9.78 Å². The number of hydrogen-bond acceptors (Lipinski definition) is 4. The summed E-state index contributed by atoms with van der Waals surface area (Å²) >= 11 is 0. The second kappa shape index (κ2) is 3.18. The Labute approximate surface area is 75.4 Å². The van der Waals surface area contributed by atoms with Gasteiger partial charge in [0.05, 0.1) is 0 Å². The summed E-state index contributed by atoms with van der Waals surface area (Å²) in [5.74, 6) is 0.546. The van der Waals surface area contributed by atoms with Crippen molar-refractivity contribution in [1.82, 2.24) is 9.97 Å². The smallest absolute Gasteiger partial charge is 0.256 e. The fourth-order valence-electron chi connectivity index (χ4n) is 1.06. The van der Waals surface area contributed by atoms with E-state index >= 15 is 0 Å². The van der Waals surface area contributed by atoms with E-state index in [0.717, 1.165) is 12.8 Å². The van der Waals surface area contributed by atoms with Crippen LogP contribution < -0.4 is 16.6 Å². The van der Waals surface area contributed by atoms with E-state index in [9.17, 15) is 4.79 Å². The molecule has 1 aliphatic rings. The van der Waals surface area contributed by atoms with Gasteiger partial charge in [0.15, 0.2) is 0 Å². The second-order valence-corrected chi connectivity index (χ2v) is 3.21. The maximum atomic E-state index is 11.3. The predicted molar refractivity (Wildman–Crippen MR) is 49.4 cm³/mol. The fourth-order valence-corrected chi connectivity index (χ4v) is 1.06. The number of nitrogens with two attached hydrogens (primary N) is 1. The highest BCUT2D eigenvalue weighted by molar-refractivity contribution is 5.28. The molecule has 0 bridgehead atoms. The van der Waals surface area contributed by atoms with E-state index in [-0.39, 0.29) is 12.1 Å². The highest BCUT2D eigenvalue weighted by Gasteiger charge is 2.21. The summed E-state index contributed by atoms with van der Waals surface area (Å²) in [5.41, 5.74) is 5.70. The monoisotopic (exact) mass is 180 g/mol. The van der Waals surface area contributed by atoms with Gasteiger partial charge in [0.2, 0.25) is 5.95 Å². The maximum Gasteiger partial charge on any atom is 0.256 e. The molecule has 70 valence electrons. The minimum atomic E-state index is -0.152. The average Bonchev–Trinajstić information content (AvgIpc) is 2.89. The summed E-state index contributed by atoms with van der Waals surface area (Å²) in [5, 5.41) is 3.10. The highest BCUT2D eigenvalue weighted by atomic mass is 16.1. The summed E-state index contributed by atoms with van der Waals surface area (Å²) in [4.78, 5) is 17.9. The third kappa shape index (κ3) is 1.86. The molecule has 4 N–H and O–H groups in total. The van der Waals surface area contributed by atoms with Crippen LogP contribution in [-0.4, -0.2) is 16.0 Å². The molecule has 1 aromatic heterocycles. The molecular formula is C8H12N4O. The van der Waals surface area contributed by atoms with Crippen molar-refractivity contribution in [1.29, 1.82) is 0 Å². The van der Waals surface area contributed by atoms with E-state index in [4.69, 9.17) is 5.73 Å². The van der Waals surface area contributed by atoms with Gasteiger partial charge >= 0.3 is 0 Å². The van der Waals surface area contributed by atoms with Crippen molar-refractivity contribution >= 4 is 5.95 Å². The normalized spacial score (nSPS) is 15.8. The first-order valence-electron chi connectivity index (χ1n) is 4.34. The molecule has 1 aliphatic carbocycles. The fraction of sp³-hybridized carbons (Fsp3) is 0.500. The third-order valence-corrected chi connectivity index (χ3v) is 2.01. The number of nitrogens with zero attached hydrogens (tertiary/aromatic N) is 1. The lowest BCUT2D eigenvalue weighted by molar-refractivity contribution is 0.958. The van der Waals surface area contributed by atoms with Crippen LogP contribution >= 0.6 is 0 Å². The van der Waals surface area contributed by atoms with Crippen LogP contribution in [0.2, 0.25) is 0 Å². The Kier molecular flexibility index (Phi) is 2.02. The molecule has 5 nitrogen and oxygen atoms in total. The average molecular weight is 180 g/mol. The lowest BCUT2D eigenvalue weighted by atomic mass is 10.3. The van der Waals surface area contributed by atoms with Crippen molar-refractivity contribution in [3.05, 3.63) is 22.1 Å². The molecule has 0 saturated heterocycles. The number of aromatic nitrogens is 2. The van der Waals surface area contributed by atoms with E-state index in [1.165, 1.54) is 6.20 Å². The molecular weight excluding hydrogens is 168 g/mol. The summed E-state index contributed by atoms with van der Waals surface area (Å²) in [6.07, 6.45) is 3.83. The van der Waals surface area contributed by atoms with E-state index in [1.807, 2.05) is 0 Å². The third-order valence-electron chi connectivity index (χ3n) is 2.01. The lowest BCUT2D eigenvalue weighted by Gasteiger charge is -2.02. The Hall–Kier alpha value is -1.36. The summed E-state index contributed by atoms with van der Waals surface area (Å²) in [6, 6.07) is 0.492.